The lowest BCUT2D eigenvalue weighted by Crippen LogP contribution is -2.59. The molecule has 1 fully saturated rings. The van der Waals surface area contributed by atoms with Crippen molar-refractivity contribution >= 4 is 22.7 Å². The lowest BCUT2D eigenvalue weighted by molar-refractivity contribution is 0.0195. The average molecular weight is 342 g/mol. The molecule has 1 amide bonds. The summed E-state index contributed by atoms with van der Waals surface area (Å²) in [6.07, 6.45) is 5.03. The topological polar surface area (TPSA) is 67.8 Å². The monoisotopic (exact) mass is 342 g/mol. The Morgan fingerprint density at radius 3 is 2.96 bits per heavy atom. The van der Waals surface area contributed by atoms with Crippen molar-refractivity contribution in [2.24, 2.45) is 0 Å². The molecule has 0 aliphatic carbocycles. The number of fused-ring (bicyclic) bond motifs is 5. The van der Waals surface area contributed by atoms with E-state index in [-0.39, 0.29) is 12.1 Å². The van der Waals surface area contributed by atoms with Crippen LogP contribution in [0.25, 0.3) is 10.9 Å². The zero-order chi connectivity index (χ0) is 17.6. The summed E-state index contributed by atoms with van der Waals surface area (Å²) in [5, 5.41) is 1.03. The molecule has 0 N–H and O–H groups in total. The third kappa shape index (κ3) is 2.94. The van der Waals surface area contributed by atoms with Crippen molar-refractivity contribution in [3.63, 3.8) is 0 Å². The number of carbonyl (C=O) groups is 1. The summed E-state index contributed by atoms with van der Waals surface area (Å²) in [4.78, 5) is 25.0. The predicted octanol–water partition coefficient (Wildman–Crippen LogP) is 2.45. The van der Waals surface area contributed by atoms with Gasteiger partial charge < -0.3 is 19.3 Å². The second kappa shape index (κ2) is 5.75. The number of amides is 1. The van der Waals surface area contributed by atoms with Gasteiger partial charge in [0.05, 0.1) is 29.6 Å². The van der Waals surface area contributed by atoms with Crippen molar-refractivity contribution < 1.29 is 14.3 Å². The SMILES string of the molecule is CC(C)(C)OC(=O)N1CCN2c3c(cnc4cnccc34)OC[C@H]2C1. The highest BCUT2D eigenvalue weighted by Gasteiger charge is 2.37. The molecule has 1 atom stereocenters. The van der Waals surface area contributed by atoms with Gasteiger partial charge in [-0.25, -0.2) is 4.79 Å². The van der Waals surface area contributed by atoms with Crippen LogP contribution < -0.4 is 9.64 Å². The zero-order valence-electron chi connectivity index (χ0n) is 14.7. The Bertz CT molecular complexity index is 818. The van der Waals surface area contributed by atoms with Crippen molar-refractivity contribution in [1.29, 1.82) is 0 Å². The molecule has 2 aromatic heterocycles. The first-order valence-corrected chi connectivity index (χ1v) is 8.52. The van der Waals surface area contributed by atoms with Gasteiger partial charge in [-0.1, -0.05) is 0 Å². The van der Waals surface area contributed by atoms with E-state index in [2.05, 4.69) is 14.9 Å². The summed E-state index contributed by atoms with van der Waals surface area (Å²) >= 11 is 0. The van der Waals surface area contributed by atoms with Crippen LogP contribution in [0.4, 0.5) is 10.5 Å². The number of ether oxygens (including phenoxy) is 2. The molecule has 2 aliphatic heterocycles. The molecule has 0 unspecified atom stereocenters. The van der Waals surface area contributed by atoms with Crippen molar-refractivity contribution in [1.82, 2.24) is 14.9 Å². The summed E-state index contributed by atoms with van der Waals surface area (Å²) in [5.74, 6) is 0.792. The van der Waals surface area contributed by atoms with Crippen molar-refractivity contribution in [3.05, 3.63) is 24.7 Å². The Labute approximate surface area is 146 Å². The van der Waals surface area contributed by atoms with Crippen molar-refractivity contribution in [2.45, 2.75) is 32.4 Å². The Morgan fingerprint density at radius 2 is 2.16 bits per heavy atom. The Kier molecular flexibility index (Phi) is 3.67. The van der Waals surface area contributed by atoms with Gasteiger partial charge in [-0.05, 0) is 26.8 Å². The van der Waals surface area contributed by atoms with Gasteiger partial charge in [0.25, 0.3) is 0 Å². The van der Waals surface area contributed by atoms with Gasteiger partial charge in [0, 0.05) is 31.2 Å². The molecule has 0 radical (unpaired) electrons. The van der Waals surface area contributed by atoms with Gasteiger partial charge in [-0.3, -0.25) is 9.97 Å². The predicted molar refractivity (Wildman–Crippen MR) is 94.0 cm³/mol. The first kappa shape index (κ1) is 15.9. The van der Waals surface area contributed by atoms with E-state index in [1.165, 1.54) is 0 Å². The molecule has 2 aliphatic rings. The van der Waals surface area contributed by atoms with Gasteiger partial charge in [0.1, 0.15) is 12.2 Å². The highest BCUT2D eigenvalue weighted by atomic mass is 16.6. The van der Waals surface area contributed by atoms with E-state index < -0.39 is 5.60 Å². The molecular formula is C18H22N4O3. The molecule has 132 valence electrons. The summed E-state index contributed by atoms with van der Waals surface area (Å²) < 4.78 is 11.4. The molecule has 1 saturated heterocycles. The highest BCUT2D eigenvalue weighted by molar-refractivity contribution is 5.95. The lowest BCUT2D eigenvalue weighted by atomic mass is 10.1. The lowest BCUT2D eigenvalue weighted by Gasteiger charge is -2.45. The minimum absolute atomic E-state index is 0.104. The van der Waals surface area contributed by atoms with Crippen LogP contribution in [0.1, 0.15) is 20.8 Å². The second-order valence-corrected chi connectivity index (χ2v) is 7.45. The fraction of sp³-hybridized carbons (Fsp3) is 0.500. The number of carbonyl (C=O) groups excluding carboxylic acids is 1. The number of hydrogen-bond acceptors (Lipinski definition) is 6. The first-order chi connectivity index (χ1) is 11.9. The second-order valence-electron chi connectivity index (χ2n) is 7.45. The van der Waals surface area contributed by atoms with E-state index in [9.17, 15) is 4.79 Å². The van der Waals surface area contributed by atoms with Crippen LogP contribution in [0.3, 0.4) is 0 Å². The smallest absolute Gasteiger partial charge is 0.410 e. The fourth-order valence-electron chi connectivity index (χ4n) is 3.38. The van der Waals surface area contributed by atoms with Crippen LogP contribution >= 0.6 is 0 Å². The van der Waals surface area contributed by atoms with Crippen LogP contribution in [-0.2, 0) is 4.74 Å². The van der Waals surface area contributed by atoms with Crippen LogP contribution in [0.15, 0.2) is 24.7 Å². The Balaban J connectivity index is 1.60. The average Bonchev–Trinajstić information content (AvgIpc) is 2.59. The number of hydrogen-bond donors (Lipinski definition) is 0. The van der Waals surface area contributed by atoms with Crippen LogP contribution in [0.2, 0.25) is 0 Å². The third-order valence-electron chi connectivity index (χ3n) is 4.46. The van der Waals surface area contributed by atoms with E-state index in [0.29, 0.717) is 19.7 Å². The molecule has 2 aromatic rings. The van der Waals surface area contributed by atoms with E-state index in [1.807, 2.05) is 26.8 Å². The number of aromatic nitrogens is 2. The quantitative estimate of drug-likeness (QED) is 0.732. The minimum atomic E-state index is -0.487. The molecule has 0 aromatic carbocycles. The maximum atomic E-state index is 12.4. The van der Waals surface area contributed by atoms with Gasteiger partial charge in [-0.15, -0.1) is 0 Å². The number of pyridine rings is 2. The number of nitrogens with zero attached hydrogens (tertiary/aromatic N) is 4. The summed E-state index contributed by atoms with van der Waals surface area (Å²) in [6, 6.07) is 2.07. The van der Waals surface area contributed by atoms with E-state index in [1.54, 1.807) is 23.5 Å². The fourth-order valence-corrected chi connectivity index (χ4v) is 3.38. The van der Waals surface area contributed by atoms with Gasteiger partial charge in [0.2, 0.25) is 0 Å². The molecule has 4 heterocycles. The van der Waals surface area contributed by atoms with Gasteiger partial charge in [-0.2, -0.15) is 0 Å². The molecule has 25 heavy (non-hydrogen) atoms. The standard InChI is InChI=1S/C18H22N4O3/c1-18(2,3)25-17(23)21-6-7-22-12(10-21)11-24-15-9-20-14-8-19-5-4-13(14)16(15)22/h4-5,8-9,12H,6-7,10-11H2,1-3H3/t12-/m1/s1. The van der Waals surface area contributed by atoms with Gasteiger partial charge in [0.15, 0.2) is 5.75 Å². The molecular weight excluding hydrogens is 320 g/mol. The maximum Gasteiger partial charge on any atom is 0.410 e. The van der Waals surface area contributed by atoms with E-state index in [0.717, 1.165) is 28.9 Å². The van der Waals surface area contributed by atoms with Crippen LogP contribution in [0, 0.1) is 0 Å². The number of rotatable bonds is 0. The number of piperazine rings is 1. The number of anilines is 1. The van der Waals surface area contributed by atoms with Crippen LogP contribution in [-0.4, -0.2) is 58.8 Å². The van der Waals surface area contributed by atoms with Gasteiger partial charge >= 0.3 is 6.09 Å². The molecule has 0 spiro atoms. The molecule has 0 bridgehead atoms. The summed E-state index contributed by atoms with van der Waals surface area (Å²) in [6.45, 7) is 8.13. The molecule has 0 saturated carbocycles. The van der Waals surface area contributed by atoms with Crippen molar-refractivity contribution in [2.75, 3.05) is 31.1 Å². The van der Waals surface area contributed by atoms with Crippen LogP contribution in [0.5, 0.6) is 5.75 Å². The summed E-state index contributed by atoms with van der Waals surface area (Å²) in [5.41, 5.74) is 1.41. The molecule has 4 rings (SSSR count). The Morgan fingerprint density at radius 1 is 1.32 bits per heavy atom. The zero-order valence-corrected chi connectivity index (χ0v) is 14.7. The molecule has 7 heteroatoms. The molecule has 7 nitrogen and oxygen atoms in total. The normalized spacial score (nSPS) is 19.9. The largest absolute Gasteiger partial charge is 0.488 e. The minimum Gasteiger partial charge on any atom is -0.488 e. The van der Waals surface area contributed by atoms with E-state index >= 15 is 0 Å². The Hall–Kier alpha value is -2.57. The maximum absolute atomic E-state index is 12.4. The third-order valence-corrected chi connectivity index (χ3v) is 4.46. The van der Waals surface area contributed by atoms with E-state index in [4.69, 9.17) is 9.47 Å². The summed E-state index contributed by atoms with van der Waals surface area (Å²) in [7, 11) is 0. The van der Waals surface area contributed by atoms with Crippen molar-refractivity contribution in [3.8, 4) is 5.75 Å². The highest BCUT2D eigenvalue weighted by Crippen LogP contribution is 2.39. The first-order valence-electron chi connectivity index (χ1n) is 8.52.